The Morgan fingerprint density at radius 2 is 1.89 bits per heavy atom. The van der Waals surface area contributed by atoms with Crippen LogP contribution in [0.25, 0.3) is 0 Å². The van der Waals surface area contributed by atoms with E-state index in [0.717, 1.165) is 25.0 Å². The molecule has 0 bridgehead atoms. The summed E-state index contributed by atoms with van der Waals surface area (Å²) in [4.78, 5) is 25.8. The van der Waals surface area contributed by atoms with Gasteiger partial charge in [-0.05, 0) is 48.5 Å². The Labute approximate surface area is 172 Å². The normalized spacial score (nSPS) is 20.9. The molecule has 1 saturated heterocycles. The summed E-state index contributed by atoms with van der Waals surface area (Å²) in [6, 6.07) is 8.09. The molecule has 0 spiro atoms. The Morgan fingerprint density at radius 1 is 1.22 bits per heavy atom. The minimum absolute atomic E-state index is 0.0377. The first-order valence-electron chi connectivity index (χ1n) is 9.71. The molecule has 0 aliphatic carbocycles. The molecular weight excluding hydrogens is 378 g/mol. The maximum absolute atomic E-state index is 12.6. The lowest BCUT2D eigenvalue weighted by Gasteiger charge is -2.30. The van der Waals surface area contributed by atoms with E-state index in [2.05, 4.69) is 50.7 Å². The molecule has 150 valence electrons. The minimum atomic E-state index is -0.900. The van der Waals surface area contributed by atoms with E-state index in [4.69, 9.17) is 0 Å². The summed E-state index contributed by atoms with van der Waals surface area (Å²) in [6.45, 7) is 6.20. The van der Waals surface area contributed by atoms with Gasteiger partial charge in [-0.15, -0.1) is 11.8 Å². The third kappa shape index (κ3) is 5.92. The van der Waals surface area contributed by atoms with Crippen LogP contribution in [0.15, 0.2) is 24.3 Å². The smallest absolute Gasteiger partial charge is 0.326 e. The van der Waals surface area contributed by atoms with Gasteiger partial charge in [-0.2, -0.15) is 12.6 Å². The monoisotopic (exact) mass is 409 g/mol. The van der Waals surface area contributed by atoms with Crippen LogP contribution in [-0.4, -0.2) is 44.8 Å². The van der Waals surface area contributed by atoms with Gasteiger partial charge in [0.2, 0.25) is 5.91 Å². The summed E-state index contributed by atoms with van der Waals surface area (Å²) in [6.07, 6.45) is 3.30. The van der Waals surface area contributed by atoms with Crippen molar-refractivity contribution >= 4 is 36.3 Å². The van der Waals surface area contributed by atoms with E-state index in [-0.39, 0.29) is 17.2 Å². The van der Waals surface area contributed by atoms with Crippen molar-refractivity contribution in [3.05, 3.63) is 35.4 Å². The number of benzene rings is 1. The summed E-state index contributed by atoms with van der Waals surface area (Å²) in [5, 5.41) is 9.43. The second-order valence-electron chi connectivity index (χ2n) is 7.59. The van der Waals surface area contributed by atoms with Gasteiger partial charge in [0.15, 0.2) is 0 Å². The van der Waals surface area contributed by atoms with Gasteiger partial charge in [0, 0.05) is 11.7 Å². The highest BCUT2D eigenvalue weighted by molar-refractivity contribution is 7.99. The van der Waals surface area contributed by atoms with Crippen molar-refractivity contribution in [2.45, 2.75) is 63.8 Å². The maximum Gasteiger partial charge on any atom is 0.326 e. The van der Waals surface area contributed by atoms with Crippen LogP contribution < -0.4 is 0 Å². The van der Waals surface area contributed by atoms with Gasteiger partial charge >= 0.3 is 5.97 Å². The zero-order chi connectivity index (χ0) is 20.0. The predicted octanol–water partition coefficient (Wildman–Crippen LogP) is 4.44. The zero-order valence-corrected chi connectivity index (χ0v) is 18.1. The lowest BCUT2D eigenvalue weighted by molar-refractivity contribution is -0.149. The molecule has 4 nitrogen and oxygen atoms in total. The second kappa shape index (κ2) is 10.4. The van der Waals surface area contributed by atoms with E-state index in [1.165, 1.54) is 11.1 Å². The van der Waals surface area contributed by atoms with Gasteiger partial charge in [-0.25, -0.2) is 4.79 Å². The Bertz CT molecular complexity index is 633. The van der Waals surface area contributed by atoms with E-state index in [0.29, 0.717) is 18.1 Å². The molecule has 0 radical (unpaired) electrons. The molecule has 1 N–H and O–H groups in total. The maximum atomic E-state index is 12.6. The number of carbonyl (C=O) groups excluding carboxylic acids is 1. The average Bonchev–Trinajstić information content (AvgIpc) is 3.08. The number of hydrogen-bond donors (Lipinski definition) is 2. The Hall–Kier alpha value is -1.14. The molecule has 1 fully saturated rings. The van der Waals surface area contributed by atoms with Gasteiger partial charge in [-0.1, -0.05) is 45.0 Å². The zero-order valence-electron chi connectivity index (χ0n) is 16.4. The predicted molar refractivity (Wildman–Crippen MR) is 116 cm³/mol. The van der Waals surface area contributed by atoms with Crippen molar-refractivity contribution in [1.82, 2.24) is 4.90 Å². The van der Waals surface area contributed by atoms with Crippen LogP contribution in [-0.2, 0) is 16.0 Å². The van der Waals surface area contributed by atoms with Crippen LogP contribution in [0.5, 0.6) is 0 Å². The molecule has 27 heavy (non-hydrogen) atoms. The van der Waals surface area contributed by atoms with Gasteiger partial charge in [0.25, 0.3) is 0 Å². The van der Waals surface area contributed by atoms with Crippen LogP contribution in [0.4, 0.5) is 0 Å². The molecule has 3 atom stereocenters. The fourth-order valence-electron chi connectivity index (χ4n) is 3.38. The number of thioether (sulfide) groups is 1. The molecule has 1 heterocycles. The van der Waals surface area contributed by atoms with Crippen molar-refractivity contribution in [1.29, 1.82) is 0 Å². The minimum Gasteiger partial charge on any atom is -0.480 e. The van der Waals surface area contributed by atoms with Crippen LogP contribution in [0.1, 0.15) is 57.1 Å². The first-order valence-corrected chi connectivity index (χ1v) is 11.4. The summed E-state index contributed by atoms with van der Waals surface area (Å²) < 4.78 is 0. The van der Waals surface area contributed by atoms with Gasteiger partial charge < -0.3 is 10.0 Å². The van der Waals surface area contributed by atoms with Crippen molar-refractivity contribution in [2.24, 2.45) is 5.92 Å². The molecule has 1 aromatic rings. The molecular formula is C21H31NO3S2. The number of aryl methyl sites for hydroxylation is 1. The van der Waals surface area contributed by atoms with Crippen molar-refractivity contribution in [2.75, 3.05) is 11.5 Å². The molecule has 1 aliphatic heterocycles. The van der Waals surface area contributed by atoms with E-state index < -0.39 is 12.0 Å². The number of amides is 1. The molecule has 1 amide bonds. The lowest BCUT2D eigenvalue weighted by atomic mass is 10.0. The van der Waals surface area contributed by atoms with Crippen molar-refractivity contribution < 1.29 is 14.7 Å². The topological polar surface area (TPSA) is 57.6 Å². The number of carboxylic acids is 1. The van der Waals surface area contributed by atoms with Crippen LogP contribution in [0.2, 0.25) is 0 Å². The Kier molecular flexibility index (Phi) is 8.55. The highest BCUT2D eigenvalue weighted by Crippen LogP contribution is 2.34. The van der Waals surface area contributed by atoms with Gasteiger partial charge in [0.05, 0.1) is 5.37 Å². The fourth-order valence-corrected chi connectivity index (χ4v) is 4.83. The SMILES string of the molecule is CC(C)c1ccc(CCCS[C@H]2CC[C@@H](C(=O)O)N2C(=O)[C@H](C)CS)cc1. The number of likely N-dealkylation sites (tertiary alicyclic amines) is 1. The Balaban J connectivity index is 1.87. The summed E-state index contributed by atoms with van der Waals surface area (Å²) in [7, 11) is 0. The average molecular weight is 410 g/mol. The molecule has 1 aliphatic rings. The summed E-state index contributed by atoms with van der Waals surface area (Å²) in [5.74, 6) is 0.658. The third-order valence-corrected chi connectivity index (χ3v) is 7.05. The van der Waals surface area contributed by atoms with Crippen molar-refractivity contribution in [3.63, 3.8) is 0 Å². The summed E-state index contributed by atoms with van der Waals surface area (Å²) >= 11 is 5.92. The van der Waals surface area contributed by atoms with E-state index in [1.54, 1.807) is 16.7 Å². The second-order valence-corrected chi connectivity index (χ2v) is 9.24. The van der Waals surface area contributed by atoms with E-state index in [1.807, 2.05) is 6.92 Å². The number of aliphatic carboxylic acids is 1. The van der Waals surface area contributed by atoms with Crippen LogP contribution in [0.3, 0.4) is 0 Å². The number of nitrogens with zero attached hydrogens (tertiary/aromatic N) is 1. The van der Waals surface area contributed by atoms with E-state index >= 15 is 0 Å². The molecule has 2 rings (SSSR count). The molecule has 0 unspecified atom stereocenters. The third-order valence-electron chi connectivity index (χ3n) is 5.13. The fraction of sp³-hybridized carbons (Fsp3) is 0.619. The molecule has 0 aromatic heterocycles. The van der Waals surface area contributed by atoms with Crippen LogP contribution >= 0.6 is 24.4 Å². The highest BCUT2D eigenvalue weighted by atomic mass is 32.2. The number of carboxylic acid groups (broad SMARTS) is 1. The number of thiol groups is 1. The largest absolute Gasteiger partial charge is 0.480 e. The molecule has 6 heteroatoms. The first kappa shape index (κ1) is 22.2. The quantitative estimate of drug-likeness (QED) is 0.467. The van der Waals surface area contributed by atoms with Crippen LogP contribution in [0, 0.1) is 5.92 Å². The number of rotatable bonds is 9. The van der Waals surface area contributed by atoms with Crippen molar-refractivity contribution in [3.8, 4) is 0 Å². The Morgan fingerprint density at radius 3 is 2.44 bits per heavy atom. The first-order chi connectivity index (χ1) is 12.8. The standard InChI is InChI=1S/C21H31NO3S2/c1-14(2)17-8-6-16(7-9-17)5-4-12-27-19-11-10-18(21(24)25)22(19)20(23)15(3)13-26/h6-9,14-15,18-19,26H,4-5,10-13H2,1-3H3,(H,24,25)/t15-,18+,19+/m1/s1. The molecule has 1 aromatic carbocycles. The van der Waals surface area contributed by atoms with Gasteiger partial charge in [0.1, 0.15) is 6.04 Å². The number of hydrogen-bond acceptors (Lipinski definition) is 4. The molecule has 0 saturated carbocycles. The van der Waals surface area contributed by atoms with E-state index in [9.17, 15) is 14.7 Å². The lowest BCUT2D eigenvalue weighted by Crippen LogP contribution is -2.46. The summed E-state index contributed by atoms with van der Waals surface area (Å²) in [5.41, 5.74) is 2.68. The number of carbonyl (C=O) groups is 2. The highest BCUT2D eigenvalue weighted by Gasteiger charge is 2.42. The van der Waals surface area contributed by atoms with Gasteiger partial charge in [-0.3, -0.25) is 4.79 Å².